The summed E-state index contributed by atoms with van der Waals surface area (Å²) in [6.45, 7) is 1.67. The van der Waals surface area contributed by atoms with E-state index in [1.807, 2.05) is 29.2 Å². The molecule has 150 valence electrons. The number of rotatable bonds is 6. The molecule has 8 heteroatoms. The Hall–Kier alpha value is -2.44. The second kappa shape index (κ2) is 9.66. The molecular formula is C20H23Cl2N3O3. The van der Waals surface area contributed by atoms with E-state index in [0.29, 0.717) is 41.5 Å². The van der Waals surface area contributed by atoms with Gasteiger partial charge in [0, 0.05) is 32.1 Å². The van der Waals surface area contributed by atoms with Crippen LogP contribution >= 0.6 is 24.0 Å². The molecule has 0 radical (unpaired) electrons. The molecule has 1 aliphatic heterocycles. The summed E-state index contributed by atoms with van der Waals surface area (Å²) in [4.78, 5) is 26.4. The molecule has 0 spiro atoms. The van der Waals surface area contributed by atoms with E-state index in [-0.39, 0.29) is 24.2 Å². The van der Waals surface area contributed by atoms with Gasteiger partial charge >= 0.3 is 0 Å². The molecule has 28 heavy (non-hydrogen) atoms. The molecule has 0 unspecified atom stereocenters. The van der Waals surface area contributed by atoms with Crippen LogP contribution < -0.4 is 15.8 Å². The van der Waals surface area contributed by atoms with Gasteiger partial charge in [-0.25, -0.2) is 0 Å². The molecule has 2 aromatic rings. The van der Waals surface area contributed by atoms with Crippen LogP contribution in [0.4, 0.5) is 5.69 Å². The summed E-state index contributed by atoms with van der Waals surface area (Å²) in [7, 11) is 1.47. The standard InChI is InChI=1S/C20H22ClN3O3.ClH/c1-27-18-10-17(22)16(21)9-15(18)20(26)23-11-13-5-2-3-6-14(13)12-24-8-4-7-19(24)25;/h2-3,5-6,9-10H,4,7-8,11-12,22H2,1H3,(H,23,26);1H. The van der Waals surface area contributed by atoms with Gasteiger partial charge in [0.25, 0.3) is 5.91 Å². The Bertz CT molecular complexity index is 874. The minimum atomic E-state index is -0.305. The number of nitrogens with one attached hydrogen (secondary N) is 1. The van der Waals surface area contributed by atoms with Crippen LogP contribution in [0.25, 0.3) is 0 Å². The Kier molecular flexibility index (Phi) is 7.54. The van der Waals surface area contributed by atoms with E-state index in [1.165, 1.54) is 19.2 Å². The smallest absolute Gasteiger partial charge is 0.255 e. The van der Waals surface area contributed by atoms with Crippen LogP contribution in [-0.4, -0.2) is 30.4 Å². The third kappa shape index (κ3) is 4.88. The minimum Gasteiger partial charge on any atom is -0.496 e. The Morgan fingerprint density at radius 1 is 1.29 bits per heavy atom. The highest BCUT2D eigenvalue weighted by molar-refractivity contribution is 6.33. The highest BCUT2D eigenvalue weighted by Gasteiger charge is 2.21. The summed E-state index contributed by atoms with van der Waals surface area (Å²) < 4.78 is 5.23. The largest absolute Gasteiger partial charge is 0.496 e. The van der Waals surface area contributed by atoms with E-state index in [9.17, 15) is 9.59 Å². The van der Waals surface area contributed by atoms with E-state index in [0.717, 1.165) is 24.1 Å². The molecule has 0 atom stereocenters. The van der Waals surface area contributed by atoms with Crippen molar-refractivity contribution in [2.24, 2.45) is 0 Å². The number of anilines is 1. The van der Waals surface area contributed by atoms with Crippen LogP contribution in [0.2, 0.25) is 5.02 Å². The predicted octanol–water partition coefficient (Wildman–Crippen LogP) is 3.41. The summed E-state index contributed by atoms with van der Waals surface area (Å²) >= 11 is 6.04. The first-order valence-corrected chi connectivity index (χ1v) is 9.13. The molecule has 0 bridgehead atoms. The van der Waals surface area contributed by atoms with Crippen molar-refractivity contribution < 1.29 is 14.3 Å². The van der Waals surface area contributed by atoms with Crippen LogP contribution in [0.5, 0.6) is 5.75 Å². The quantitative estimate of drug-likeness (QED) is 0.697. The number of hydrogen-bond donors (Lipinski definition) is 2. The fourth-order valence-electron chi connectivity index (χ4n) is 3.15. The lowest BCUT2D eigenvalue weighted by Crippen LogP contribution is -2.27. The zero-order valence-corrected chi connectivity index (χ0v) is 17.1. The van der Waals surface area contributed by atoms with Crippen molar-refractivity contribution in [3.8, 4) is 5.75 Å². The fourth-order valence-corrected chi connectivity index (χ4v) is 3.31. The van der Waals surface area contributed by atoms with Crippen molar-refractivity contribution in [2.45, 2.75) is 25.9 Å². The Labute approximate surface area is 175 Å². The van der Waals surface area contributed by atoms with Gasteiger partial charge in [-0.05, 0) is 23.6 Å². The van der Waals surface area contributed by atoms with E-state index in [2.05, 4.69) is 5.32 Å². The third-order valence-electron chi connectivity index (χ3n) is 4.65. The van der Waals surface area contributed by atoms with Crippen molar-refractivity contribution >= 4 is 41.5 Å². The van der Waals surface area contributed by atoms with Gasteiger partial charge in [-0.1, -0.05) is 35.9 Å². The Morgan fingerprint density at radius 3 is 2.64 bits per heavy atom. The lowest BCUT2D eigenvalue weighted by Gasteiger charge is -2.18. The van der Waals surface area contributed by atoms with Crippen LogP contribution in [0.15, 0.2) is 36.4 Å². The Balaban J connectivity index is 0.00000280. The zero-order chi connectivity index (χ0) is 19.4. The Morgan fingerprint density at radius 2 is 2.00 bits per heavy atom. The first-order valence-electron chi connectivity index (χ1n) is 8.75. The van der Waals surface area contributed by atoms with Gasteiger partial charge in [0.15, 0.2) is 0 Å². The number of halogens is 2. The van der Waals surface area contributed by atoms with Gasteiger partial charge in [-0.3, -0.25) is 9.59 Å². The van der Waals surface area contributed by atoms with Gasteiger partial charge in [0.1, 0.15) is 5.75 Å². The number of nitrogens with zero attached hydrogens (tertiary/aromatic N) is 1. The monoisotopic (exact) mass is 423 g/mol. The van der Waals surface area contributed by atoms with Crippen LogP contribution in [0, 0.1) is 0 Å². The lowest BCUT2D eigenvalue weighted by molar-refractivity contribution is -0.128. The molecule has 0 saturated carbocycles. The molecule has 1 aliphatic rings. The van der Waals surface area contributed by atoms with Crippen LogP contribution in [-0.2, 0) is 17.9 Å². The van der Waals surface area contributed by atoms with Gasteiger partial charge < -0.3 is 20.7 Å². The topological polar surface area (TPSA) is 84.7 Å². The summed E-state index contributed by atoms with van der Waals surface area (Å²) in [5.41, 5.74) is 8.43. The molecule has 2 aromatic carbocycles. The summed E-state index contributed by atoms with van der Waals surface area (Å²) in [6, 6.07) is 10.8. The molecule has 1 fully saturated rings. The summed E-state index contributed by atoms with van der Waals surface area (Å²) in [6.07, 6.45) is 1.51. The minimum absolute atomic E-state index is 0. The molecule has 1 heterocycles. The number of carbonyl (C=O) groups excluding carboxylic acids is 2. The molecule has 3 rings (SSSR count). The second-order valence-electron chi connectivity index (χ2n) is 6.44. The van der Waals surface area contributed by atoms with E-state index in [4.69, 9.17) is 22.1 Å². The number of amides is 2. The number of hydrogen-bond acceptors (Lipinski definition) is 4. The number of benzene rings is 2. The van der Waals surface area contributed by atoms with Gasteiger partial charge in [-0.15, -0.1) is 12.4 Å². The highest BCUT2D eigenvalue weighted by Crippen LogP contribution is 2.29. The second-order valence-corrected chi connectivity index (χ2v) is 6.85. The van der Waals surface area contributed by atoms with Gasteiger partial charge in [0.05, 0.1) is 23.4 Å². The van der Waals surface area contributed by atoms with Crippen LogP contribution in [0.1, 0.15) is 34.3 Å². The van der Waals surface area contributed by atoms with Crippen molar-refractivity contribution in [2.75, 3.05) is 19.4 Å². The molecule has 0 aliphatic carbocycles. The number of methoxy groups -OCH3 is 1. The molecule has 1 saturated heterocycles. The lowest BCUT2D eigenvalue weighted by atomic mass is 10.1. The number of nitrogen functional groups attached to an aromatic ring is 1. The summed E-state index contributed by atoms with van der Waals surface area (Å²) in [5, 5.41) is 3.19. The van der Waals surface area contributed by atoms with Crippen molar-refractivity contribution in [3.05, 3.63) is 58.1 Å². The normalized spacial score (nSPS) is 13.2. The van der Waals surface area contributed by atoms with E-state index < -0.39 is 0 Å². The number of ether oxygens (including phenoxy) is 1. The first kappa shape index (κ1) is 21.9. The maximum atomic E-state index is 12.6. The molecule has 2 amide bonds. The summed E-state index contributed by atoms with van der Waals surface area (Å²) in [5.74, 6) is 0.237. The van der Waals surface area contributed by atoms with E-state index in [1.54, 1.807) is 0 Å². The van der Waals surface area contributed by atoms with Crippen LogP contribution in [0.3, 0.4) is 0 Å². The maximum absolute atomic E-state index is 12.6. The van der Waals surface area contributed by atoms with E-state index >= 15 is 0 Å². The molecule has 6 nitrogen and oxygen atoms in total. The predicted molar refractivity (Wildman–Crippen MR) is 112 cm³/mol. The van der Waals surface area contributed by atoms with Gasteiger partial charge in [0.2, 0.25) is 5.91 Å². The molecule has 0 aromatic heterocycles. The third-order valence-corrected chi connectivity index (χ3v) is 4.98. The zero-order valence-electron chi connectivity index (χ0n) is 15.5. The molecule has 3 N–H and O–H groups in total. The average Bonchev–Trinajstić information content (AvgIpc) is 3.07. The number of carbonyl (C=O) groups is 2. The average molecular weight is 424 g/mol. The molecular weight excluding hydrogens is 401 g/mol. The van der Waals surface area contributed by atoms with Crippen molar-refractivity contribution in [1.82, 2.24) is 10.2 Å². The van der Waals surface area contributed by atoms with Gasteiger partial charge in [-0.2, -0.15) is 0 Å². The first-order chi connectivity index (χ1) is 13.0. The number of likely N-dealkylation sites (tertiary alicyclic amines) is 1. The number of nitrogens with two attached hydrogens (primary N) is 1. The fraction of sp³-hybridized carbons (Fsp3) is 0.300. The van der Waals surface area contributed by atoms with Crippen molar-refractivity contribution in [1.29, 1.82) is 0 Å². The SMILES string of the molecule is COc1cc(N)c(Cl)cc1C(=O)NCc1ccccc1CN1CCCC1=O.Cl. The van der Waals surface area contributed by atoms with Crippen molar-refractivity contribution in [3.63, 3.8) is 0 Å². The maximum Gasteiger partial charge on any atom is 0.255 e. The highest BCUT2D eigenvalue weighted by atomic mass is 35.5.